The van der Waals surface area contributed by atoms with Crippen molar-refractivity contribution in [2.45, 2.75) is 32.4 Å². The third kappa shape index (κ3) is 4.12. The molecule has 120 valence electrons. The summed E-state index contributed by atoms with van der Waals surface area (Å²) in [5.74, 6) is 0.238. The fourth-order valence-electron chi connectivity index (χ4n) is 2.23. The maximum atomic E-state index is 11.9. The first-order valence-electron chi connectivity index (χ1n) is 7.58. The molecule has 2 heterocycles. The molecule has 0 spiro atoms. The summed E-state index contributed by atoms with van der Waals surface area (Å²) in [6.07, 6.45) is 6.18. The second-order valence-corrected chi connectivity index (χ2v) is 5.52. The fourth-order valence-corrected chi connectivity index (χ4v) is 2.23. The van der Waals surface area contributed by atoms with Gasteiger partial charge in [-0.3, -0.25) is 14.6 Å². The summed E-state index contributed by atoms with van der Waals surface area (Å²) >= 11 is 0. The number of carbonyl (C=O) groups excluding carboxylic acids is 2. The van der Waals surface area contributed by atoms with Crippen LogP contribution in [-0.4, -0.2) is 31.8 Å². The molecule has 0 aromatic carbocycles. The molecule has 2 amide bonds. The van der Waals surface area contributed by atoms with Crippen molar-refractivity contribution >= 4 is 17.6 Å². The van der Waals surface area contributed by atoms with Crippen LogP contribution in [0.5, 0.6) is 0 Å². The van der Waals surface area contributed by atoms with Gasteiger partial charge in [-0.05, 0) is 25.0 Å². The Morgan fingerprint density at radius 3 is 2.87 bits per heavy atom. The van der Waals surface area contributed by atoms with E-state index < -0.39 is 0 Å². The number of anilines is 1. The summed E-state index contributed by atoms with van der Waals surface area (Å²) in [7, 11) is 0. The molecule has 1 aliphatic rings. The Labute approximate surface area is 133 Å². The average molecular weight is 314 g/mol. The minimum absolute atomic E-state index is 0.0251. The predicted molar refractivity (Wildman–Crippen MR) is 82.1 cm³/mol. The van der Waals surface area contributed by atoms with Crippen LogP contribution >= 0.6 is 0 Å². The van der Waals surface area contributed by atoms with Crippen molar-refractivity contribution in [2.24, 2.45) is 5.92 Å². The highest BCUT2D eigenvalue weighted by Crippen LogP contribution is 2.27. The number of amides is 2. The van der Waals surface area contributed by atoms with Crippen molar-refractivity contribution in [3.05, 3.63) is 36.3 Å². The highest BCUT2D eigenvalue weighted by molar-refractivity contribution is 5.92. The molecular formula is C15H18N6O2. The van der Waals surface area contributed by atoms with Gasteiger partial charge in [-0.1, -0.05) is 17.7 Å². The van der Waals surface area contributed by atoms with Gasteiger partial charge in [-0.2, -0.15) is 0 Å². The third-order valence-corrected chi connectivity index (χ3v) is 3.76. The molecule has 1 saturated carbocycles. The summed E-state index contributed by atoms with van der Waals surface area (Å²) in [4.78, 5) is 27.8. The smallest absolute Gasteiger partial charge is 0.242 e. The Balaban J connectivity index is 1.46. The van der Waals surface area contributed by atoms with Gasteiger partial charge in [-0.15, -0.1) is 5.10 Å². The van der Waals surface area contributed by atoms with Crippen LogP contribution in [0.4, 0.5) is 5.82 Å². The Morgan fingerprint density at radius 2 is 2.17 bits per heavy atom. The summed E-state index contributed by atoms with van der Waals surface area (Å²) in [6.45, 7) is 0.402. The van der Waals surface area contributed by atoms with Gasteiger partial charge in [-0.25, -0.2) is 4.68 Å². The number of carbonyl (C=O) groups is 2. The van der Waals surface area contributed by atoms with Crippen molar-refractivity contribution in [3.63, 3.8) is 0 Å². The van der Waals surface area contributed by atoms with Crippen molar-refractivity contribution in [3.8, 4) is 0 Å². The molecule has 0 bridgehead atoms. The minimum Gasteiger partial charge on any atom is -0.349 e. The number of hydrogen-bond donors (Lipinski definition) is 2. The summed E-state index contributed by atoms with van der Waals surface area (Å²) in [6, 6.07) is 5.52. The summed E-state index contributed by atoms with van der Waals surface area (Å²) < 4.78 is 1.39. The maximum absolute atomic E-state index is 11.9. The quantitative estimate of drug-likeness (QED) is 0.818. The first-order chi connectivity index (χ1) is 11.2. The van der Waals surface area contributed by atoms with E-state index in [4.69, 9.17) is 0 Å². The normalized spacial score (nSPS) is 14.1. The van der Waals surface area contributed by atoms with Crippen LogP contribution in [0.15, 0.2) is 30.6 Å². The van der Waals surface area contributed by atoms with Crippen LogP contribution in [0.25, 0.3) is 0 Å². The molecule has 23 heavy (non-hydrogen) atoms. The van der Waals surface area contributed by atoms with E-state index in [0.29, 0.717) is 12.4 Å². The zero-order valence-electron chi connectivity index (χ0n) is 12.6. The van der Waals surface area contributed by atoms with E-state index in [9.17, 15) is 9.59 Å². The summed E-state index contributed by atoms with van der Waals surface area (Å²) in [5, 5.41) is 13.2. The average Bonchev–Trinajstić information content (AvgIpc) is 2.91. The van der Waals surface area contributed by atoms with E-state index in [1.165, 1.54) is 4.68 Å². The van der Waals surface area contributed by atoms with Crippen LogP contribution in [0.1, 0.15) is 25.0 Å². The molecule has 2 N–H and O–H groups in total. The van der Waals surface area contributed by atoms with Gasteiger partial charge < -0.3 is 10.6 Å². The lowest BCUT2D eigenvalue weighted by Crippen LogP contribution is -2.28. The van der Waals surface area contributed by atoms with Crippen LogP contribution in [0.3, 0.4) is 0 Å². The van der Waals surface area contributed by atoms with Gasteiger partial charge in [0.2, 0.25) is 11.8 Å². The monoisotopic (exact) mass is 314 g/mol. The molecule has 2 aromatic rings. The lowest BCUT2D eigenvalue weighted by molar-refractivity contribution is -0.122. The maximum Gasteiger partial charge on any atom is 0.242 e. The summed E-state index contributed by atoms with van der Waals surface area (Å²) in [5.41, 5.74) is 0.785. The Morgan fingerprint density at radius 1 is 1.30 bits per heavy atom. The number of hydrogen-bond acceptors (Lipinski definition) is 5. The zero-order chi connectivity index (χ0) is 16.1. The SMILES string of the molecule is O=C(Cn1cc(NC(=O)C2CCC2)nn1)NCc1ccccn1. The van der Waals surface area contributed by atoms with Crippen molar-refractivity contribution < 1.29 is 9.59 Å². The van der Waals surface area contributed by atoms with Crippen LogP contribution < -0.4 is 10.6 Å². The topological polar surface area (TPSA) is 102 Å². The molecule has 2 aromatic heterocycles. The Kier molecular flexibility index (Phi) is 4.60. The van der Waals surface area contributed by atoms with Crippen LogP contribution in [-0.2, 0) is 22.7 Å². The highest BCUT2D eigenvalue weighted by Gasteiger charge is 2.25. The largest absolute Gasteiger partial charge is 0.349 e. The number of pyridine rings is 1. The zero-order valence-corrected chi connectivity index (χ0v) is 12.6. The molecule has 3 rings (SSSR count). The molecule has 8 heteroatoms. The van der Waals surface area contributed by atoms with Crippen molar-refractivity contribution in [2.75, 3.05) is 5.32 Å². The van der Waals surface area contributed by atoms with E-state index in [0.717, 1.165) is 25.0 Å². The first kappa shape index (κ1) is 15.1. The number of rotatable bonds is 6. The van der Waals surface area contributed by atoms with Gasteiger partial charge in [0.05, 0.1) is 18.4 Å². The molecule has 0 unspecified atom stereocenters. The Bertz CT molecular complexity index is 680. The highest BCUT2D eigenvalue weighted by atomic mass is 16.2. The van der Waals surface area contributed by atoms with Gasteiger partial charge in [0.1, 0.15) is 6.54 Å². The molecule has 0 saturated heterocycles. The molecule has 1 fully saturated rings. The number of nitrogens with zero attached hydrogens (tertiary/aromatic N) is 4. The second-order valence-electron chi connectivity index (χ2n) is 5.52. The Hall–Kier alpha value is -2.77. The molecule has 8 nitrogen and oxygen atoms in total. The lowest BCUT2D eigenvalue weighted by atomic mass is 9.85. The molecular weight excluding hydrogens is 296 g/mol. The molecule has 0 atom stereocenters. The molecule has 0 aliphatic heterocycles. The fraction of sp³-hybridized carbons (Fsp3) is 0.400. The predicted octanol–water partition coefficient (Wildman–Crippen LogP) is 0.728. The van der Waals surface area contributed by atoms with Gasteiger partial charge in [0, 0.05) is 12.1 Å². The molecule has 1 aliphatic carbocycles. The van der Waals surface area contributed by atoms with E-state index in [1.54, 1.807) is 12.4 Å². The standard InChI is InChI=1S/C15H18N6O2/c22-14(17-8-12-6-1-2-7-16-12)10-21-9-13(19-20-21)18-15(23)11-4-3-5-11/h1-2,6-7,9,11H,3-5,8,10H2,(H,17,22)(H,18,23). The number of aromatic nitrogens is 4. The number of nitrogens with one attached hydrogen (secondary N) is 2. The van der Waals surface area contributed by atoms with Crippen molar-refractivity contribution in [1.82, 2.24) is 25.3 Å². The second kappa shape index (κ2) is 6.99. The van der Waals surface area contributed by atoms with Crippen LogP contribution in [0.2, 0.25) is 0 Å². The van der Waals surface area contributed by atoms with Gasteiger partial charge >= 0.3 is 0 Å². The lowest BCUT2D eigenvalue weighted by Gasteiger charge is -2.23. The van der Waals surface area contributed by atoms with Crippen molar-refractivity contribution in [1.29, 1.82) is 0 Å². The van der Waals surface area contributed by atoms with E-state index in [-0.39, 0.29) is 24.3 Å². The van der Waals surface area contributed by atoms with E-state index in [1.807, 2.05) is 18.2 Å². The molecule has 0 radical (unpaired) electrons. The van der Waals surface area contributed by atoms with Gasteiger partial charge in [0.25, 0.3) is 0 Å². The third-order valence-electron chi connectivity index (χ3n) is 3.76. The minimum atomic E-state index is -0.197. The first-order valence-corrected chi connectivity index (χ1v) is 7.58. The van der Waals surface area contributed by atoms with Crippen LogP contribution in [0, 0.1) is 5.92 Å². The van der Waals surface area contributed by atoms with E-state index in [2.05, 4.69) is 25.9 Å². The van der Waals surface area contributed by atoms with E-state index >= 15 is 0 Å². The van der Waals surface area contributed by atoms with Gasteiger partial charge in [0.15, 0.2) is 5.82 Å².